The van der Waals surface area contributed by atoms with Crippen LogP contribution in [0, 0.1) is 17.6 Å². The highest BCUT2D eigenvalue weighted by Crippen LogP contribution is 2.27. The quantitative estimate of drug-likeness (QED) is 0.612. The van der Waals surface area contributed by atoms with E-state index in [1.54, 1.807) is 0 Å². The van der Waals surface area contributed by atoms with Crippen LogP contribution in [0.2, 0.25) is 0 Å². The van der Waals surface area contributed by atoms with Gasteiger partial charge in [-0.3, -0.25) is 5.43 Å². The van der Waals surface area contributed by atoms with Gasteiger partial charge in [-0.1, -0.05) is 24.3 Å². The number of aromatic nitrogens is 2. The predicted octanol–water partition coefficient (Wildman–Crippen LogP) is 3.27. The molecule has 0 spiro atoms. The molecule has 4 rings (SSSR count). The van der Waals surface area contributed by atoms with Crippen molar-refractivity contribution in [3.8, 4) is 5.69 Å². The Morgan fingerprint density at radius 1 is 1.21 bits per heavy atom. The molecule has 146 valence electrons. The van der Waals surface area contributed by atoms with Crippen molar-refractivity contribution in [3.05, 3.63) is 83.7 Å². The molecule has 0 aliphatic carbocycles. The van der Waals surface area contributed by atoms with Gasteiger partial charge < -0.3 is 5.32 Å². The second kappa shape index (κ2) is 8.18. The van der Waals surface area contributed by atoms with E-state index >= 15 is 0 Å². The Hall–Kier alpha value is -2.61. The Kier molecular flexibility index (Phi) is 5.47. The molecule has 7 heteroatoms. The lowest BCUT2D eigenvalue weighted by atomic mass is 9.94. The van der Waals surface area contributed by atoms with Gasteiger partial charge in [0.2, 0.25) is 0 Å². The van der Waals surface area contributed by atoms with Gasteiger partial charge in [-0.2, -0.15) is 5.10 Å². The standard InChI is InChI=1S/C21H23F2N5/c1-14(16-12-26-28(13-16)18-5-3-2-4-6-18)24-10-15-11-25-27-21(15)19-8-7-17(22)9-20(19)23/h2-9,12-15,21,24-25,27H,10-11H2,1H3. The first-order valence-corrected chi connectivity index (χ1v) is 9.38. The lowest BCUT2D eigenvalue weighted by Crippen LogP contribution is -2.30. The molecule has 1 aromatic heterocycles. The Morgan fingerprint density at radius 3 is 2.82 bits per heavy atom. The fourth-order valence-corrected chi connectivity index (χ4v) is 3.54. The smallest absolute Gasteiger partial charge is 0.130 e. The van der Waals surface area contributed by atoms with Crippen LogP contribution in [0.5, 0.6) is 0 Å². The van der Waals surface area contributed by atoms with Crippen LogP contribution in [0.3, 0.4) is 0 Å². The summed E-state index contributed by atoms with van der Waals surface area (Å²) >= 11 is 0. The normalized spacial score (nSPS) is 20.4. The zero-order valence-electron chi connectivity index (χ0n) is 15.6. The van der Waals surface area contributed by atoms with E-state index in [1.807, 2.05) is 47.4 Å². The number of hydrogen-bond donors (Lipinski definition) is 3. The van der Waals surface area contributed by atoms with Crippen LogP contribution < -0.4 is 16.2 Å². The highest BCUT2D eigenvalue weighted by molar-refractivity contribution is 5.31. The summed E-state index contributed by atoms with van der Waals surface area (Å²) in [6.07, 6.45) is 3.86. The van der Waals surface area contributed by atoms with Gasteiger partial charge in [0.15, 0.2) is 0 Å². The highest BCUT2D eigenvalue weighted by Gasteiger charge is 2.30. The van der Waals surface area contributed by atoms with Crippen LogP contribution in [-0.4, -0.2) is 22.9 Å². The van der Waals surface area contributed by atoms with Gasteiger partial charge in [0.25, 0.3) is 0 Å². The number of nitrogens with zero attached hydrogens (tertiary/aromatic N) is 2. The van der Waals surface area contributed by atoms with Crippen molar-refractivity contribution >= 4 is 0 Å². The summed E-state index contributed by atoms with van der Waals surface area (Å²) in [7, 11) is 0. The molecule has 1 aliphatic heterocycles. The van der Waals surface area contributed by atoms with Crippen molar-refractivity contribution in [2.45, 2.75) is 19.0 Å². The van der Waals surface area contributed by atoms with E-state index in [-0.39, 0.29) is 18.0 Å². The van der Waals surface area contributed by atoms with E-state index in [9.17, 15) is 8.78 Å². The zero-order valence-corrected chi connectivity index (χ0v) is 15.6. The Labute approximate surface area is 162 Å². The first-order valence-electron chi connectivity index (χ1n) is 9.38. The van der Waals surface area contributed by atoms with E-state index in [2.05, 4.69) is 28.2 Å². The average Bonchev–Trinajstić information content (AvgIpc) is 3.37. The van der Waals surface area contributed by atoms with Crippen molar-refractivity contribution < 1.29 is 8.78 Å². The number of nitrogens with one attached hydrogen (secondary N) is 3. The van der Waals surface area contributed by atoms with Crippen molar-refractivity contribution in [2.24, 2.45) is 5.92 Å². The lowest BCUT2D eigenvalue weighted by molar-refractivity contribution is 0.406. The summed E-state index contributed by atoms with van der Waals surface area (Å²) in [5.74, 6) is -0.958. The number of benzene rings is 2. The molecule has 1 aliphatic rings. The fourth-order valence-electron chi connectivity index (χ4n) is 3.54. The van der Waals surface area contributed by atoms with E-state index in [1.165, 1.54) is 12.1 Å². The Morgan fingerprint density at radius 2 is 2.04 bits per heavy atom. The van der Waals surface area contributed by atoms with Crippen LogP contribution >= 0.6 is 0 Å². The molecule has 0 bridgehead atoms. The molecule has 2 heterocycles. The lowest BCUT2D eigenvalue weighted by Gasteiger charge is -2.22. The van der Waals surface area contributed by atoms with Crippen LogP contribution in [0.1, 0.15) is 30.1 Å². The molecule has 3 N–H and O–H groups in total. The van der Waals surface area contributed by atoms with Gasteiger partial charge in [-0.15, -0.1) is 0 Å². The minimum atomic E-state index is -0.564. The van der Waals surface area contributed by atoms with Crippen molar-refractivity contribution in [1.29, 1.82) is 0 Å². The van der Waals surface area contributed by atoms with E-state index < -0.39 is 11.6 Å². The summed E-state index contributed by atoms with van der Waals surface area (Å²) in [4.78, 5) is 0. The third kappa shape index (κ3) is 3.96. The van der Waals surface area contributed by atoms with Crippen LogP contribution in [-0.2, 0) is 0 Å². The minimum Gasteiger partial charge on any atom is -0.310 e. The van der Waals surface area contributed by atoms with Crippen molar-refractivity contribution in [2.75, 3.05) is 13.1 Å². The summed E-state index contributed by atoms with van der Waals surface area (Å²) in [5, 5.41) is 7.94. The van der Waals surface area contributed by atoms with Crippen LogP contribution in [0.25, 0.3) is 5.69 Å². The van der Waals surface area contributed by atoms with Crippen LogP contribution in [0.4, 0.5) is 8.78 Å². The fraction of sp³-hybridized carbons (Fsp3) is 0.286. The highest BCUT2D eigenvalue weighted by atomic mass is 19.1. The van der Waals surface area contributed by atoms with Gasteiger partial charge in [0.1, 0.15) is 11.6 Å². The molecule has 2 aromatic carbocycles. The van der Waals surface area contributed by atoms with E-state index in [0.717, 1.165) is 17.3 Å². The summed E-state index contributed by atoms with van der Waals surface area (Å²) in [5.41, 5.74) is 8.75. The topological polar surface area (TPSA) is 53.9 Å². The molecule has 3 unspecified atom stereocenters. The molecule has 0 saturated carbocycles. The summed E-state index contributed by atoms with van der Waals surface area (Å²) in [6, 6.07) is 13.6. The van der Waals surface area contributed by atoms with Gasteiger partial charge >= 0.3 is 0 Å². The number of halogens is 2. The third-order valence-corrected chi connectivity index (χ3v) is 5.20. The molecule has 3 atom stereocenters. The van der Waals surface area contributed by atoms with Gasteiger partial charge in [0.05, 0.1) is 17.9 Å². The maximum atomic E-state index is 14.2. The van der Waals surface area contributed by atoms with Crippen molar-refractivity contribution in [3.63, 3.8) is 0 Å². The molecule has 1 saturated heterocycles. The predicted molar refractivity (Wildman–Crippen MR) is 104 cm³/mol. The molecule has 5 nitrogen and oxygen atoms in total. The average molecular weight is 383 g/mol. The van der Waals surface area contributed by atoms with Gasteiger partial charge in [0, 0.05) is 48.4 Å². The Bertz CT molecular complexity index is 928. The van der Waals surface area contributed by atoms with Crippen molar-refractivity contribution in [1.82, 2.24) is 25.9 Å². The minimum absolute atomic E-state index is 0.0942. The largest absolute Gasteiger partial charge is 0.310 e. The second-order valence-electron chi connectivity index (χ2n) is 7.11. The maximum Gasteiger partial charge on any atom is 0.130 e. The molecule has 1 fully saturated rings. The number of para-hydroxylation sites is 1. The first-order chi connectivity index (χ1) is 13.6. The number of rotatable bonds is 6. The zero-order chi connectivity index (χ0) is 19.5. The maximum absolute atomic E-state index is 14.2. The molecule has 28 heavy (non-hydrogen) atoms. The van der Waals surface area contributed by atoms with Gasteiger partial charge in [-0.05, 0) is 25.1 Å². The molecular formula is C21H23F2N5. The second-order valence-corrected chi connectivity index (χ2v) is 7.11. The van der Waals surface area contributed by atoms with Gasteiger partial charge in [-0.25, -0.2) is 18.9 Å². The molecule has 3 aromatic rings. The summed E-state index contributed by atoms with van der Waals surface area (Å²) < 4.78 is 29.2. The SMILES string of the molecule is CC(NCC1CNNC1c1ccc(F)cc1F)c1cnn(-c2ccccc2)c1. The Balaban J connectivity index is 1.40. The number of hydrogen-bond acceptors (Lipinski definition) is 4. The number of hydrazine groups is 1. The van der Waals surface area contributed by atoms with E-state index in [4.69, 9.17) is 0 Å². The first kappa shape index (κ1) is 18.7. The van der Waals surface area contributed by atoms with Crippen LogP contribution in [0.15, 0.2) is 60.9 Å². The van der Waals surface area contributed by atoms with E-state index in [0.29, 0.717) is 18.7 Å². The summed E-state index contributed by atoms with van der Waals surface area (Å²) in [6.45, 7) is 3.46. The molecular weight excluding hydrogens is 360 g/mol. The molecule has 0 radical (unpaired) electrons. The molecule has 0 amide bonds. The third-order valence-electron chi connectivity index (χ3n) is 5.20. The monoisotopic (exact) mass is 383 g/mol.